The first-order valence-electron chi connectivity index (χ1n) is 5.27. The van der Waals surface area contributed by atoms with Crippen LogP contribution in [0.15, 0.2) is 12.2 Å². The lowest BCUT2D eigenvalue weighted by Gasteiger charge is -2.27. The zero-order valence-corrected chi connectivity index (χ0v) is 12.1. The van der Waals surface area contributed by atoms with Crippen LogP contribution in [0.5, 0.6) is 0 Å². The van der Waals surface area contributed by atoms with Crippen LogP contribution >= 0.6 is 7.82 Å². The molecule has 0 N–H and O–H groups in total. The van der Waals surface area contributed by atoms with Crippen LogP contribution in [0, 0.1) is 0 Å². The van der Waals surface area contributed by atoms with Crippen molar-refractivity contribution < 1.29 is 32.5 Å². The largest absolute Gasteiger partial charge is 0.756 e. The number of carbonyl (C=O) groups excluding carboxylic acids is 1. The van der Waals surface area contributed by atoms with Crippen molar-refractivity contribution in [2.75, 3.05) is 41.1 Å². The molecular formula is C10H20NO6P. The van der Waals surface area contributed by atoms with Crippen molar-refractivity contribution in [2.24, 2.45) is 0 Å². The molecule has 0 aliphatic heterocycles. The highest BCUT2D eigenvalue weighted by molar-refractivity contribution is 7.45. The van der Waals surface area contributed by atoms with E-state index in [9.17, 15) is 14.3 Å². The second-order valence-electron chi connectivity index (χ2n) is 4.75. The fraction of sp³-hybridized carbons (Fsp3) is 0.700. The Morgan fingerprint density at radius 3 is 2.33 bits per heavy atom. The maximum Gasteiger partial charge on any atom is 0.335 e. The molecular weight excluding hydrogens is 261 g/mol. The van der Waals surface area contributed by atoms with Crippen LogP contribution in [-0.4, -0.2) is 51.5 Å². The lowest BCUT2D eigenvalue weighted by molar-refractivity contribution is -0.870. The van der Waals surface area contributed by atoms with E-state index in [2.05, 4.69) is 20.4 Å². The number of ether oxygens (including phenoxy) is 1. The summed E-state index contributed by atoms with van der Waals surface area (Å²) in [6.45, 7) is 4.57. The predicted molar refractivity (Wildman–Crippen MR) is 63.3 cm³/mol. The minimum Gasteiger partial charge on any atom is -0.756 e. The highest BCUT2D eigenvalue weighted by Crippen LogP contribution is 2.37. The molecule has 0 saturated heterocycles. The van der Waals surface area contributed by atoms with Crippen molar-refractivity contribution in [1.29, 1.82) is 0 Å². The minimum absolute atomic E-state index is 0.00128. The minimum atomic E-state index is -4.43. The Kier molecular flexibility index (Phi) is 6.73. The Morgan fingerprint density at radius 1 is 1.33 bits per heavy atom. The van der Waals surface area contributed by atoms with E-state index in [1.165, 1.54) is 6.92 Å². The topological polar surface area (TPSA) is 84.9 Å². The first-order chi connectivity index (χ1) is 8.03. The number of phosphoric acid groups is 1. The van der Waals surface area contributed by atoms with Crippen LogP contribution in [0.25, 0.3) is 0 Å². The zero-order valence-electron chi connectivity index (χ0n) is 11.2. The van der Waals surface area contributed by atoms with Crippen molar-refractivity contribution in [3.05, 3.63) is 12.2 Å². The molecule has 106 valence electrons. The first-order valence-corrected chi connectivity index (χ1v) is 6.73. The number of phosphoric ester groups is 1. The van der Waals surface area contributed by atoms with Gasteiger partial charge < -0.3 is 18.6 Å². The third-order valence-corrected chi connectivity index (χ3v) is 2.68. The summed E-state index contributed by atoms with van der Waals surface area (Å²) in [7, 11) is 1.26. The van der Waals surface area contributed by atoms with Gasteiger partial charge in [0.1, 0.15) is 13.2 Å². The Bertz CT molecular complexity index is 349. The van der Waals surface area contributed by atoms with Gasteiger partial charge in [0.05, 0.1) is 21.1 Å². The number of quaternary nitrogens is 1. The summed E-state index contributed by atoms with van der Waals surface area (Å²) in [5.74, 6) is -0.721. The molecule has 0 rings (SSSR count). The van der Waals surface area contributed by atoms with Crippen LogP contribution in [-0.2, 0) is 23.1 Å². The molecule has 0 heterocycles. The number of likely N-dealkylation sites (N-methyl/N-ethyl adjacent to an activating group) is 1. The number of carbonyl (C=O) groups is 1. The molecule has 0 bridgehead atoms. The molecule has 0 saturated carbocycles. The van der Waals surface area contributed by atoms with Gasteiger partial charge in [0.25, 0.3) is 7.82 Å². The maximum atomic E-state index is 11.2. The molecule has 18 heavy (non-hydrogen) atoms. The predicted octanol–water partition coefficient (Wildman–Crippen LogP) is 0.271. The molecule has 0 aromatic heterocycles. The Labute approximate surface area is 107 Å². The number of hydrogen-bond donors (Lipinski definition) is 0. The van der Waals surface area contributed by atoms with E-state index < -0.39 is 20.6 Å². The highest BCUT2D eigenvalue weighted by atomic mass is 31.2. The number of nitrogens with zero attached hydrogens (tertiary/aromatic N) is 1. The quantitative estimate of drug-likeness (QED) is 0.209. The van der Waals surface area contributed by atoms with Crippen LogP contribution in [0.3, 0.4) is 0 Å². The molecule has 1 atom stereocenters. The lowest BCUT2D eigenvalue weighted by Crippen LogP contribution is -2.37. The van der Waals surface area contributed by atoms with Crippen molar-refractivity contribution in [3.63, 3.8) is 0 Å². The van der Waals surface area contributed by atoms with Crippen LogP contribution < -0.4 is 4.89 Å². The third kappa shape index (κ3) is 9.32. The van der Waals surface area contributed by atoms with Gasteiger partial charge in [-0.3, -0.25) is 9.09 Å². The lowest BCUT2D eigenvalue weighted by atomic mass is 10.4. The summed E-state index contributed by atoms with van der Waals surface area (Å²) in [5.41, 5.74) is 0.158. The number of rotatable bonds is 8. The van der Waals surface area contributed by atoms with Gasteiger partial charge in [-0.05, 0) is 6.92 Å². The number of esters is 1. The van der Waals surface area contributed by atoms with Gasteiger partial charge in [0.2, 0.25) is 0 Å². The van der Waals surface area contributed by atoms with Crippen molar-refractivity contribution >= 4 is 13.8 Å². The molecule has 0 radical (unpaired) electrons. The van der Waals surface area contributed by atoms with Gasteiger partial charge in [-0.1, -0.05) is 6.58 Å². The third-order valence-electron chi connectivity index (χ3n) is 1.76. The summed E-state index contributed by atoms with van der Waals surface area (Å²) in [6, 6.07) is 0. The molecule has 0 fully saturated rings. The second-order valence-corrected chi connectivity index (χ2v) is 6.16. The average molecular weight is 281 g/mol. The van der Waals surface area contributed by atoms with E-state index in [-0.39, 0.29) is 12.2 Å². The van der Waals surface area contributed by atoms with E-state index in [1.807, 2.05) is 21.1 Å². The van der Waals surface area contributed by atoms with E-state index in [4.69, 9.17) is 0 Å². The van der Waals surface area contributed by atoms with Crippen LogP contribution in [0.1, 0.15) is 6.92 Å². The smallest absolute Gasteiger partial charge is 0.335 e. The molecule has 0 aromatic carbocycles. The van der Waals surface area contributed by atoms with Crippen LogP contribution in [0.4, 0.5) is 0 Å². The average Bonchev–Trinajstić information content (AvgIpc) is 2.14. The van der Waals surface area contributed by atoms with E-state index >= 15 is 0 Å². The molecule has 0 amide bonds. The van der Waals surface area contributed by atoms with E-state index in [0.717, 1.165) is 0 Å². The molecule has 0 aliphatic carbocycles. The highest BCUT2D eigenvalue weighted by Gasteiger charge is 2.14. The van der Waals surface area contributed by atoms with Gasteiger partial charge in [0.15, 0.2) is 6.79 Å². The molecule has 0 spiro atoms. The van der Waals surface area contributed by atoms with Crippen LogP contribution in [0.2, 0.25) is 0 Å². The molecule has 0 aliphatic rings. The summed E-state index contributed by atoms with van der Waals surface area (Å²) in [6.07, 6.45) is 0. The SMILES string of the molecule is C=C(C)C(=O)OCOP(=O)([O-])OCC[N+](C)(C)C. The molecule has 0 aromatic rings. The Morgan fingerprint density at radius 2 is 1.89 bits per heavy atom. The fourth-order valence-electron chi connectivity index (χ4n) is 0.731. The summed E-state index contributed by atoms with van der Waals surface area (Å²) < 4.78 is 25.2. The standard InChI is InChI=1S/C10H20NO6P/c1-9(2)10(12)15-8-17-18(13,14)16-7-6-11(3,4)5/h1,6-8H2,2-5H3. The monoisotopic (exact) mass is 281 g/mol. The van der Waals surface area contributed by atoms with Gasteiger partial charge in [0, 0.05) is 5.57 Å². The van der Waals surface area contributed by atoms with Crippen molar-refractivity contribution in [3.8, 4) is 0 Å². The first kappa shape index (κ1) is 17.3. The van der Waals surface area contributed by atoms with Gasteiger partial charge >= 0.3 is 5.97 Å². The Balaban J connectivity index is 3.91. The summed E-state index contributed by atoms with van der Waals surface area (Å²) in [4.78, 5) is 22.2. The van der Waals surface area contributed by atoms with Crippen molar-refractivity contribution in [1.82, 2.24) is 0 Å². The van der Waals surface area contributed by atoms with E-state index in [1.54, 1.807) is 0 Å². The normalized spacial score (nSPS) is 14.9. The molecule has 8 heteroatoms. The number of hydrogen-bond acceptors (Lipinski definition) is 6. The van der Waals surface area contributed by atoms with Crippen molar-refractivity contribution in [2.45, 2.75) is 6.92 Å². The summed E-state index contributed by atoms with van der Waals surface area (Å²) >= 11 is 0. The van der Waals surface area contributed by atoms with Gasteiger partial charge in [-0.25, -0.2) is 4.79 Å². The second kappa shape index (κ2) is 7.01. The van der Waals surface area contributed by atoms with E-state index in [0.29, 0.717) is 11.0 Å². The summed E-state index contributed by atoms with van der Waals surface area (Å²) in [5, 5.41) is 0. The zero-order chi connectivity index (χ0) is 14.4. The molecule has 7 nitrogen and oxygen atoms in total. The fourth-order valence-corrected chi connectivity index (χ4v) is 1.29. The van der Waals surface area contributed by atoms with Gasteiger partial charge in [-0.15, -0.1) is 0 Å². The maximum absolute atomic E-state index is 11.2. The molecule has 1 unspecified atom stereocenters. The van der Waals surface area contributed by atoms with Gasteiger partial charge in [-0.2, -0.15) is 0 Å². The Hall–Kier alpha value is -0.720.